The van der Waals surface area contributed by atoms with E-state index in [9.17, 15) is 9.18 Å². The van der Waals surface area contributed by atoms with Gasteiger partial charge in [0.05, 0.1) is 11.8 Å². The predicted octanol–water partition coefficient (Wildman–Crippen LogP) is 2.40. The molecule has 0 amide bonds. The van der Waals surface area contributed by atoms with E-state index in [2.05, 4.69) is 15.2 Å². The summed E-state index contributed by atoms with van der Waals surface area (Å²) in [5, 5.41) is 4.07. The minimum atomic E-state index is -0.551. The van der Waals surface area contributed by atoms with Gasteiger partial charge in [0, 0.05) is 55.1 Å². The number of anilines is 1. The van der Waals surface area contributed by atoms with Crippen LogP contribution in [0, 0.1) is 5.82 Å². The van der Waals surface area contributed by atoms with E-state index in [0.717, 1.165) is 43.4 Å². The lowest BCUT2D eigenvalue weighted by molar-refractivity contribution is 0.559. The Morgan fingerprint density at radius 1 is 1.12 bits per heavy atom. The van der Waals surface area contributed by atoms with Gasteiger partial charge in [-0.1, -0.05) is 0 Å². The van der Waals surface area contributed by atoms with E-state index in [0.29, 0.717) is 5.58 Å². The third kappa shape index (κ3) is 2.65. The van der Waals surface area contributed by atoms with Gasteiger partial charge >= 0.3 is 5.63 Å². The molecule has 0 bridgehead atoms. The van der Waals surface area contributed by atoms with Crippen molar-refractivity contribution in [3.05, 3.63) is 59.0 Å². The fourth-order valence-electron chi connectivity index (χ4n) is 3.00. The summed E-state index contributed by atoms with van der Waals surface area (Å²) in [5.74, 6) is -0.540. The first-order chi connectivity index (χ1) is 11.7. The van der Waals surface area contributed by atoms with Crippen molar-refractivity contribution in [2.75, 3.05) is 31.1 Å². The monoisotopic (exact) mass is 325 g/mol. The van der Waals surface area contributed by atoms with Gasteiger partial charge in [0.1, 0.15) is 11.4 Å². The lowest BCUT2D eigenvalue weighted by Crippen LogP contribution is -2.43. The standard InChI is InChI=1S/C18H16FN3O2/c19-16-11-21-4-3-14(16)15-9-12-1-2-13(10-17(12)24-18(15)23)22-7-5-20-6-8-22/h1-4,9-11,20H,5-8H2. The fourth-order valence-corrected chi connectivity index (χ4v) is 3.00. The number of fused-ring (bicyclic) bond motifs is 1. The molecular formula is C18H16FN3O2. The van der Waals surface area contributed by atoms with E-state index >= 15 is 0 Å². The van der Waals surface area contributed by atoms with Crippen LogP contribution in [0.1, 0.15) is 0 Å². The molecule has 122 valence electrons. The summed E-state index contributed by atoms with van der Waals surface area (Å²) in [6.45, 7) is 3.69. The van der Waals surface area contributed by atoms with Crippen molar-refractivity contribution < 1.29 is 8.81 Å². The highest BCUT2D eigenvalue weighted by atomic mass is 19.1. The SMILES string of the molecule is O=c1oc2cc(N3CCNCC3)ccc2cc1-c1ccncc1F. The molecule has 0 radical (unpaired) electrons. The number of hydrogen-bond acceptors (Lipinski definition) is 5. The van der Waals surface area contributed by atoms with E-state index in [1.54, 1.807) is 6.07 Å². The first kappa shape index (κ1) is 14.8. The van der Waals surface area contributed by atoms with Crippen molar-refractivity contribution in [2.45, 2.75) is 0 Å². The van der Waals surface area contributed by atoms with Crippen LogP contribution in [0.3, 0.4) is 0 Å². The summed E-state index contributed by atoms with van der Waals surface area (Å²) in [6, 6.07) is 8.91. The first-order valence-electron chi connectivity index (χ1n) is 7.86. The minimum absolute atomic E-state index is 0.201. The van der Waals surface area contributed by atoms with Crippen LogP contribution in [0.2, 0.25) is 0 Å². The minimum Gasteiger partial charge on any atom is -0.422 e. The Hall–Kier alpha value is -2.73. The zero-order chi connectivity index (χ0) is 16.5. The molecule has 5 nitrogen and oxygen atoms in total. The van der Waals surface area contributed by atoms with Gasteiger partial charge in [0.2, 0.25) is 0 Å². The molecule has 1 saturated heterocycles. The van der Waals surface area contributed by atoms with Crippen molar-refractivity contribution >= 4 is 16.7 Å². The van der Waals surface area contributed by atoms with E-state index in [-0.39, 0.29) is 11.1 Å². The smallest absolute Gasteiger partial charge is 0.344 e. The lowest BCUT2D eigenvalue weighted by atomic mass is 10.1. The number of rotatable bonds is 2. The predicted molar refractivity (Wildman–Crippen MR) is 90.8 cm³/mol. The lowest BCUT2D eigenvalue weighted by Gasteiger charge is -2.29. The molecular weight excluding hydrogens is 309 g/mol. The summed E-state index contributed by atoms with van der Waals surface area (Å²) in [7, 11) is 0. The van der Waals surface area contributed by atoms with Gasteiger partial charge in [-0.2, -0.15) is 0 Å². The summed E-state index contributed by atoms with van der Waals surface area (Å²) in [5.41, 5.74) is 1.39. The van der Waals surface area contributed by atoms with Crippen LogP contribution in [-0.4, -0.2) is 31.2 Å². The van der Waals surface area contributed by atoms with Crippen molar-refractivity contribution in [3.63, 3.8) is 0 Å². The number of halogens is 1. The summed E-state index contributed by atoms with van der Waals surface area (Å²) < 4.78 is 19.4. The number of piperazine rings is 1. The third-order valence-electron chi connectivity index (χ3n) is 4.26. The van der Waals surface area contributed by atoms with Crippen molar-refractivity contribution in [2.24, 2.45) is 0 Å². The number of aromatic nitrogens is 1. The zero-order valence-electron chi connectivity index (χ0n) is 13.0. The Morgan fingerprint density at radius 2 is 1.96 bits per heavy atom. The molecule has 3 heterocycles. The summed E-state index contributed by atoms with van der Waals surface area (Å²) in [4.78, 5) is 18.2. The average molecular weight is 325 g/mol. The number of hydrogen-bond donors (Lipinski definition) is 1. The number of pyridine rings is 1. The van der Waals surface area contributed by atoms with Gasteiger partial charge in [-0.15, -0.1) is 0 Å². The maximum Gasteiger partial charge on any atom is 0.344 e. The van der Waals surface area contributed by atoms with Crippen LogP contribution in [0.25, 0.3) is 22.1 Å². The van der Waals surface area contributed by atoms with E-state index in [1.165, 1.54) is 12.3 Å². The highest BCUT2D eigenvalue weighted by Crippen LogP contribution is 2.26. The van der Waals surface area contributed by atoms with E-state index < -0.39 is 11.4 Å². The highest BCUT2D eigenvalue weighted by molar-refractivity contribution is 5.84. The van der Waals surface area contributed by atoms with E-state index in [4.69, 9.17) is 4.42 Å². The Labute approximate surface area is 137 Å². The molecule has 2 aromatic heterocycles. The van der Waals surface area contributed by atoms with Gasteiger partial charge in [0.15, 0.2) is 0 Å². The second-order valence-corrected chi connectivity index (χ2v) is 5.76. The number of nitrogens with one attached hydrogen (secondary N) is 1. The Kier molecular flexibility index (Phi) is 3.74. The number of nitrogens with zero attached hydrogens (tertiary/aromatic N) is 2. The quantitative estimate of drug-likeness (QED) is 0.733. The van der Waals surface area contributed by atoms with Crippen LogP contribution in [0.5, 0.6) is 0 Å². The van der Waals surface area contributed by atoms with Crippen LogP contribution in [0.15, 0.2) is 51.9 Å². The molecule has 1 aliphatic rings. The molecule has 0 unspecified atom stereocenters. The molecule has 0 aliphatic carbocycles. The maximum atomic E-state index is 13.9. The highest BCUT2D eigenvalue weighted by Gasteiger charge is 2.14. The third-order valence-corrected chi connectivity index (χ3v) is 4.26. The van der Waals surface area contributed by atoms with Gasteiger partial charge in [-0.3, -0.25) is 4.98 Å². The Balaban J connectivity index is 1.79. The summed E-state index contributed by atoms with van der Waals surface area (Å²) >= 11 is 0. The van der Waals surface area contributed by atoms with Crippen molar-refractivity contribution in [1.29, 1.82) is 0 Å². The molecule has 1 aromatic carbocycles. The fraction of sp³-hybridized carbons (Fsp3) is 0.222. The molecule has 0 spiro atoms. The van der Waals surface area contributed by atoms with Crippen LogP contribution in [-0.2, 0) is 0 Å². The molecule has 1 fully saturated rings. The molecule has 6 heteroatoms. The van der Waals surface area contributed by atoms with Gasteiger partial charge in [0.25, 0.3) is 0 Å². The normalized spacial score (nSPS) is 15.0. The van der Waals surface area contributed by atoms with Crippen molar-refractivity contribution in [1.82, 2.24) is 10.3 Å². The molecule has 4 rings (SSSR count). The largest absolute Gasteiger partial charge is 0.422 e. The molecule has 0 atom stereocenters. The van der Waals surface area contributed by atoms with E-state index in [1.807, 2.05) is 18.2 Å². The number of benzene rings is 1. The van der Waals surface area contributed by atoms with Crippen LogP contribution < -0.4 is 15.8 Å². The first-order valence-corrected chi connectivity index (χ1v) is 7.86. The molecule has 3 aromatic rings. The van der Waals surface area contributed by atoms with Gasteiger partial charge < -0.3 is 14.6 Å². The second-order valence-electron chi connectivity index (χ2n) is 5.76. The average Bonchev–Trinajstić information content (AvgIpc) is 2.62. The topological polar surface area (TPSA) is 58.4 Å². The molecule has 24 heavy (non-hydrogen) atoms. The van der Waals surface area contributed by atoms with Gasteiger partial charge in [-0.25, -0.2) is 9.18 Å². The summed E-state index contributed by atoms with van der Waals surface area (Å²) in [6.07, 6.45) is 2.54. The maximum absolute atomic E-state index is 13.9. The molecule has 1 aliphatic heterocycles. The molecule has 1 N–H and O–H groups in total. The van der Waals surface area contributed by atoms with Crippen molar-refractivity contribution in [3.8, 4) is 11.1 Å². The zero-order valence-corrected chi connectivity index (χ0v) is 13.0. The second kappa shape index (κ2) is 6.05. The van der Waals surface area contributed by atoms with Gasteiger partial charge in [-0.05, 0) is 24.3 Å². The van der Waals surface area contributed by atoms with Crippen LogP contribution in [0.4, 0.5) is 10.1 Å². The molecule has 0 saturated carbocycles. The Bertz CT molecular complexity index is 948. The van der Waals surface area contributed by atoms with Crippen LogP contribution >= 0.6 is 0 Å². The Morgan fingerprint density at radius 3 is 2.75 bits per heavy atom.